The molecule has 1 saturated heterocycles. The number of anilines is 2. The molecule has 0 N–H and O–H groups in total. The van der Waals surface area contributed by atoms with Crippen molar-refractivity contribution in [2.45, 2.75) is 65.5 Å². The number of carbonyl (C=O) groups excluding carboxylic acids is 2. The van der Waals surface area contributed by atoms with Crippen molar-refractivity contribution in [2.75, 3.05) is 49.1 Å². The minimum absolute atomic E-state index is 0.00847. The number of piperazine rings is 1. The molecule has 1 saturated carbocycles. The number of carbonyl (C=O) groups is 2. The number of amides is 1. The molecule has 9 heteroatoms. The first kappa shape index (κ1) is 31.0. The van der Waals surface area contributed by atoms with Gasteiger partial charge in [0.2, 0.25) is 5.91 Å². The second-order valence-electron chi connectivity index (χ2n) is 12.4. The van der Waals surface area contributed by atoms with Crippen molar-refractivity contribution in [1.29, 1.82) is 0 Å². The Balaban J connectivity index is 1.11. The number of ether oxygens (including phenoxy) is 2. The Morgan fingerprint density at radius 2 is 1.76 bits per heavy atom. The van der Waals surface area contributed by atoms with Gasteiger partial charge in [0.15, 0.2) is 6.23 Å². The zero-order valence-electron chi connectivity index (χ0n) is 25.0. The molecule has 0 radical (unpaired) electrons. The highest BCUT2D eigenvalue weighted by Gasteiger charge is 2.39. The summed E-state index contributed by atoms with van der Waals surface area (Å²) in [6, 6.07) is 11.8. The number of nitrogens with zero attached hydrogens (tertiary/aromatic N) is 3. The van der Waals surface area contributed by atoms with Crippen molar-refractivity contribution in [2.24, 2.45) is 17.8 Å². The number of benzene rings is 2. The van der Waals surface area contributed by atoms with Crippen LogP contribution >= 0.6 is 23.2 Å². The third kappa shape index (κ3) is 7.17. The Labute approximate surface area is 260 Å². The highest BCUT2D eigenvalue weighted by Crippen LogP contribution is 2.38. The number of fused-ring (bicyclic) bond motifs is 1. The average Bonchev–Trinajstić information content (AvgIpc) is 2.96. The number of hydrogen-bond acceptors (Lipinski definition) is 6. The molecule has 2 aliphatic heterocycles. The van der Waals surface area contributed by atoms with Gasteiger partial charge in [0.1, 0.15) is 5.75 Å². The topological polar surface area (TPSA) is 62.3 Å². The predicted molar refractivity (Wildman–Crippen MR) is 169 cm³/mol. The first-order chi connectivity index (χ1) is 20.2. The van der Waals surface area contributed by atoms with Gasteiger partial charge in [-0.2, -0.15) is 0 Å². The van der Waals surface area contributed by atoms with Gasteiger partial charge in [-0.25, -0.2) is 0 Å². The largest absolute Gasteiger partial charge is 0.494 e. The quantitative estimate of drug-likeness (QED) is 0.204. The summed E-state index contributed by atoms with van der Waals surface area (Å²) < 4.78 is 12.1. The maximum absolute atomic E-state index is 13.2. The van der Waals surface area contributed by atoms with Gasteiger partial charge in [-0.15, -0.1) is 0 Å². The highest BCUT2D eigenvalue weighted by molar-refractivity contribution is 6.43. The molecule has 0 spiro atoms. The Morgan fingerprint density at radius 1 is 1.00 bits per heavy atom. The normalized spacial score (nSPS) is 21.6. The van der Waals surface area contributed by atoms with E-state index in [4.69, 9.17) is 32.7 Å². The average molecular weight is 617 g/mol. The second-order valence-corrected chi connectivity index (χ2v) is 13.1. The molecule has 0 aromatic heterocycles. The van der Waals surface area contributed by atoms with E-state index >= 15 is 0 Å². The molecule has 7 nitrogen and oxygen atoms in total. The fraction of sp³-hybridized carbons (Fsp3) is 0.576. The fourth-order valence-electron chi connectivity index (χ4n) is 6.22. The van der Waals surface area contributed by atoms with E-state index in [1.54, 1.807) is 4.90 Å². The summed E-state index contributed by atoms with van der Waals surface area (Å²) in [6.45, 7) is 11.6. The van der Waals surface area contributed by atoms with Crippen LogP contribution in [-0.4, -0.2) is 62.3 Å². The monoisotopic (exact) mass is 615 g/mol. The number of hydrogen-bond donors (Lipinski definition) is 0. The second kappa shape index (κ2) is 13.9. The molecular weight excluding hydrogens is 573 g/mol. The summed E-state index contributed by atoms with van der Waals surface area (Å²) in [5, 5.41) is 1.22. The molecule has 3 aliphatic rings. The minimum atomic E-state index is -0.620. The van der Waals surface area contributed by atoms with Crippen LogP contribution in [0.2, 0.25) is 10.0 Å². The van der Waals surface area contributed by atoms with E-state index in [1.807, 2.05) is 50.2 Å². The third-order valence-corrected chi connectivity index (χ3v) is 9.55. The lowest BCUT2D eigenvalue weighted by Crippen LogP contribution is -2.49. The SMILES string of the molecule is CC1CC(C(=O)OC(C(C)C)N2C(=O)CCc3ccc(OCCCCN4CCN(c5cccc(Cl)c5Cl)CC4)cc32)C1. The molecule has 2 aromatic rings. The molecule has 1 unspecified atom stereocenters. The van der Waals surface area contributed by atoms with Crippen LogP contribution in [0.1, 0.15) is 58.4 Å². The smallest absolute Gasteiger partial charge is 0.310 e. The lowest BCUT2D eigenvalue weighted by molar-refractivity contribution is -0.161. The lowest BCUT2D eigenvalue weighted by atomic mass is 9.76. The van der Waals surface area contributed by atoms with Crippen LogP contribution in [0.3, 0.4) is 0 Å². The number of aryl methyl sites for hydroxylation is 1. The molecule has 228 valence electrons. The Hall–Kier alpha value is -2.48. The van der Waals surface area contributed by atoms with Crippen LogP contribution in [-0.2, 0) is 20.7 Å². The maximum atomic E-state index is 13.2. The first-order valence-electron chi connectivity index (χ1n) is 15.4. The molecule has 0 bridgehead atoms. The summed E-state index contributed by atoms with van der Waals surface area (Å²) in [7, 11) is 0. The van der Waals surface area contributed by atoms with Gasteiger partial charge in [-0.05, 0) is 68.3 Å². The first-order valence-corrected chi connectivity index (χ1v) is 16.2. The van der Waals surface area contributed by atoms with E-state index in [9.17, 15) is 9.59 Å². The number of halogens is 2. The van der Waals surface area contributed by atoms with Gasteiger partial charge < -0.3 is 14.4 Å². The van der Waals surface area contributed by atoms with Crippen molar-refractivity contribution in [3.8, 4) is 5.75 Å². The van der Waals surface area contributed by atoms with E-state index in [0.29, 0.717) is 35.4 Å². The van der Waals surface area contributed by atoms with Gasteiger partial charge in [0.25, 0.3) is 0 Å². The molecule has 2 aromatic carbocycles. The van der Waals surface area contributed by atoms with Crippen LogP contribution in [0.4, 0.5) is 11.4 Å². The Morgan fingerprint density at radius 3 is 2.48 bits per heavy atom. The van der Waals surface area contributed by atoms with E-state index in [-0.39, 0.29) is 23.7 Å². The standard InChI is InChI=1S/C33H43Cl2N3O4/c1-22(2)32(42-33(40)25-19-23(3)20-25)38-29-21-26(11-9-24(29)10-12-30(38)39)41-18-5-4-13-36-14-16-37(17-15-36)28-8-6-7-27(34)31(28)35/h6-9,11,21-23,25,32H,4-5,10,12-20H2,1-3H3. The lowest BCUT2D eigenvalue weighted by Gasteiger charge is -2.39. The van der Waals surface area contributed by atoms with Crippen molar-refractivity contribution in [3.05, 3.63) is 52.0 Å². The Bertz CT molecular complexity index is 1260. The number of esters is 1. The minimum Gasteiger partial charge on any atom is -0.494 e. The van der Waals surface area contributed by atoms with Gasteiger partial charge in [-0.3, -0.25) is 19.4 Å². The van der Waals surface area contributed by atoms with Crippen LogP contribution in [0, 0.1) is 17.8 Å². The number of unbranched alkanes of at least 4 members (excludes halogenated alkanes) is 1. The van der Waals surface area contributed by atoms with Crippen molar-refractivity contribution < 1.29 is 19.1 Å². The van der Waals surface area contributed by atoms with E-state index in [0.717, 1.165) is 81.1 Å². The van der Waals surface area contributed by atoms with Crippen LogP contribution in [0.15, 0.2) is 36.4 Å². The highest BCUT2D eigenvalue weighted by atomic mass is 35.5. The molecule has 2 fully saturated rings. The number of rotatable bonds is 11. The van der Waals surface area contributed by atoms with Crippen molar-refractivity contribution >= 4 is 46.5 Å². The van der Waals surface area contributed by atoms with E-state index in [1.165, 1.54) is 0 Å². The van der Waals surface area contributed by atoms with Crippen molar-refractivity contribution in [1.82, 2.24) is 4.90 Å². The summed E-state index contributed by atoms with van der Waals surface area (Å²) in [5.74, 6) is 1.01. The summed E-state index contributed by atoms with van der Waals surface area (Å²) in [4.78, 5) is 32.5. The fourth-order valence-corrected chi connectivity index (χ4v) is 6.63. The zero-order chi connectivity index (χ0) is 29.8. The summed E-state index contributed by atoms with van der Waals surface area (Å²) in [6.07, 6.45) is 4.17. The zero-order valence-corrected chi connectivity index (χ0v) is 26.5. The van der Waals surface area contributed by atoms with Gasteiger partial charge in [0.05, 0.1) is 33.9 Å². The summed E-state index contributed by atoms with van der Waals surface area (Å²) in [5.41, 5.74) is 2.89. The molecule has 1 amide bonds. The predicted octanol–water partition coefficient (Wildman–Crippen LogP) is 6.83. The van der Waals surface area contributed by atoms with Crippen LogP contribution < -0.4 is 14.5 Å². The molecular formula is C33H43Cl2N3O4. The van der Waals surface area contributed by atoms with Gasteiger partial charge in [-0.1, -0.05) is 56.1 Å². The Kier molecular flexibility index (Phi) is 10.2. The van der Waals surface area contributed by atoms with Crippen LogP contribution in [0.25, 0.3) is 0 Å². The maximum Gasteiger partial charge on any atom is 0.310 e. The summed E-state index contributed by atoms with van der Waals surface area (Å²) >= 11 is 12.6. The van der Waals surface area contributed by atoms with E-state index < -0.39 is 6.23 Å². The molecule has 5 rings (SSSR count). The van der Waals surface area contributed by atoms with Crippen LogP contribution in [0.5, 0.6) is 5.75 Å². The van der Waals surface area contributed by atoms with Crippen molar-refractivity contribution in [3.63, 3.8) is 0 Å². The van der Waals surface area contributed by atoms with Gasteiger partial charge in [0, 0.05) is 44.6 Å². The molecule has 2 heterocycles. The van der Waals surface area contributed by atoms with E-state index in [2.05, 4.69) is 16.7 Å². The molecule has 42 heavy (non-hydrogen) atoms. The molecule has 1 aliphatic carbocycles. The third-order valence-electron chi connectivity index (χ3n) is 8.74. The van der Waals surface area contributed by atoms with Gasteiger partial charge >= 0.3 is 5.97 Å². The molecule has 1 atom stereocenters.